The Morgan fingerprint density at radius 2 is 2.00 bits per heavy atom. The van der Waals surface area contributed by atoms with Crippen LogP contribution in [0.5, 0.6) is 0 Å². The van der Waals surface area contributed by atoms with Crippen molar-refractivity contribution in [2.45, 2.75) is 31.7 Å². The standard InChI is InChI=1S/C14H16ClN3O/c15-12-4-2-1-3-10(12)9-14-18-17-13(19-14)7-8-16-11-5-6-11/h1-4,11,16H,5-9H2. The molecule has 0 saturated heterocycles. The van der Waals surface area contributed by atoms with E-state index in [1.54, 1.807) is 0 Å². The van der Waals surface area contributed by atoms with Crippen molar-refractivity contribution in [3.63, 3.8) is 0 Å². The second-order valence-corrected chi connectivity index (χ2v) is 5.24. The first-order valence-electron chi connectivity index (χ1n) is 6.59. The summed E-state index contributed by atoms with van der Waals surface area (Å²) in [5.74, 6) is 1.31. The van der Waals surface area contributed by atoms with Gasteiger partial charge in [0, 0.05) is 24.0 Å². The monoisotopic (exact) mass is 277 g/mol. The Balaban J connectivity index is 1.56. The van der Waals surface area contributed by atoms with Crippen molar-refractivity contribution in [3.8, 4) is 0 Å². The van der Waals surface area contributed by atoms with Crippen LogP contribution >= 0.6 is 11.6 Å². The smallest absolute Gasteiger partial charge is 0.220 e. The van der Waals surface area contributed by atoms with E-state index in [1.807, 2.05) is 24.3 Å². The largest absolute Gasteiger partial charge is 0.425 e. The molecule has 0 radical (unpaired) electrons. The number of benzene rings is 1. The Morgan fingerprint density at radius 3 is 2.79 bits per heavy atom. The van der Waals surface area contributed by atoms with Gasteiger partial charge in [-0.1, -0.05) is 29.8 Å². The second-order valence-electron chi connectivity index (χ2n) is 4.84. The summed E-state index contributed by atoms with van der Waals surface area (Å²) in [6.07, 6.45) is 3.96. The predicted octanol–water partition coefficient (Wildman–Crippen LogP) is 2.61. The molecule has 0 atom stereocenters. The Bertz CT molecular complexity index is 551. The molecule has 0 bridgehead atoms. The molecule has 1 aromatic heterocycles. The molecule has 1 fully saturated rings. The normalized spacial score (nSPS) is 14.8. The SMILES string of the molecule is Clc1ccccc1Cc1nnc(CCNC2CC2)o1. The number of halogens is 1. The van der Waals surface area contributed by atoms with Crippen molar-refractivity contribution in [3.05, 3.63) is 46.6 Å². The van der Waals surface area contributed by atoms with Crippen molar-refractivity contribution < 1.29 is 4.42 Å². The first-order chi connectivity index (χ1) is 9.31. The summed E-state index contributed by atoms with van der Waals surface area (Å²) >= 11 is 6.11. The number of rotatable bonds is 6. The lowest BCUT2D eigenvalue weighted by molar-refractivity contribution is 0.451. The minimum absolute atomic E-state index is 0.586. The fourth-order valence-electron chi connectivity index (χ4n) is 1.94. The van der Waals surface area contributed by atoms with Crippen molar-refractivity contribution in [2.75, 3.05) is 6.54 Å². The molecule has 19 heavy (non-hydrogen) atoms. The number of aromatic nitrogens is 2. The van der Waals surface area contributed by atoms with Crippen molar-refractivity contribution in [1.82, 2.24) is 15.5 Å². The zero-order chi connectivity index (χ0) is 13.1. The van der Waals surface area contributed by atoms with Crippen LogP contribution < -0.4 is 5.32 Å². The van der Waals surface area contributed by atoms with E-state index >= 15 is 0 Å². The van der Waals surface area contributed by atoms with E-state index in [9.17, 15) is 0 Å². The lowest BCUT2D eigenvalue weighted by atomic mass is 10.1. The molecule has 1 heterocycles. The molecule has 0 aliphatic heterocycles. The Kier molecular flexibility index (Phi) is 3.80. The van der Waals surface area contributed by atoms with E-state index in [2.05, 4.69) is 15.5 Å². The van der Waals surface area contributed by atoms with Gasteiger partial charge in [-0.3, -0.25) is 0 Å². The van der Waals surface area contributed by atoms with E-state index in [0.717, 1.165) is 23.6 Å². The van der Waals surface area contributed by atoms with Crippen LogP contribution in [-0.4, -0.2) is 22.8 Å². The third-order valence-electron chi connectivity index (χ3n) is 3.16. The van der Waals surface area contributed by atoms with Gasteiger partial charge in [0.1, 0.15) is 0 Å². The highest BCUT2D eigenvalue weighted by atomic mass is 35.5. The lowest BCUT2D eigenvalue weighted by Gasteiger charge is -2.00. The molecule has 0 amide bonds. The zero-order valence-corrected chi connectivity index (χ0v) is 11.4. The summed E-state index contributed by atoms with van der Waals surface area (Å²) in [6.45, 7) is 0.901. The highest BCUT2D eigenvalue weighted by Gasteiger charge is 2.20. The second kappa shape index (κ2) is 5.72. The Labute approximate surface area is 117 Å². The molecule has 4 nitrogen and oxygen atoms in total. The summed E-state index contributed by atoms with van der Waals surface area (Å²) in [5.41, 5.74) is 1.01. The van der Waals surface area contributed by atoms with Crippen molar-refractivity contribution in [1.29, 1.82) is 0 Å². The molecule has 0 unspecified atom stereocenters. The molecule has 3 rings (SSSR count). The zero-order valence-electron chi connectivity index (χ0n) is 10.6. The van der Waals surface area contributed by atoms with E-state index in [0.29, 0.717) is 24.2 Å². The van der Waals surface area contributed by atoms with Crippen LogP contribution in [0, 0.1) is 0 Å². The van der Waals surface area contributed by atoms with Crippen LogP contribution in [0.25, 0.3) is 0 Å². The molecule has 1 aliphatic carbocycles. The summed E-state index contributed by atoms with van der Waals surface area (Å²) in [7, 11) is 0. The molecule has 1 saturated carbocycles. The molecule has 2 aromatic rings. The van der Waals surface area contributed by atoms with Crippen molar-refractivity contribution >= 4 is 11.6 Å². The fraction of sp³-hybridized carbons (Fsp3) is 0.429. The summed E-state index contributed by atoms with van der Waals surface area (Å²) in [5, 5.41) is 12.3. The van der Waals surface area contributed by atoms with Gasteiger partial charge in [-0.2, -0.15) is 0 Å². The van der Waals surface area contributed by atoms with E-state index in [1.165, 1.54) is 12.8 Å². The number of nitrogens with zero attached hydrogens (tertiary/aromatic N) is 2. The Morgan fingerprint density at radius 1 is 1.21 bits per heavy atom. The van der Waals surface area contributed by atoms with E-state index in [-0.39, 0.29) is 0 Å². The highest BCUT2D eigenvalue weighted by molar-refractivity contribution is 6.31. The quantitative estimate of drug-likeness (QED) is 0.882. The highest BCUT2D eigenvalue weighted by Crippen LogP contribution is 2.19. The summed E-state index contributed by atoms with van der Waals surface area (Å²) in [4.78, 5) is 0. The minimum atomic E-state index is 0.586. The van der Waals surface area contributed by atoms with Gasteiger partial charge in [0.25, 0.3) is 0 Å². The fourth-order valence-corrected chi connectivity index (χ4v) is 2.14. The van der Waals surface area contributed by atoms with E-state index in [4.69, 9.17) is 16.0 Å². The van der Waals surface area contributed by atoms with Crippen LogP contribution in [0.4, 0.5) is 0 Å². The van der Waals surface area contributed by atoms with Crippen LogP contribution in [0.2, 0.25) is 5.02 Å². The van der Waals surface area contributed by atoms with Gasteiger partial charge in [-0.15, -0.1) is 10.2 Å². The molecule has 100 valence electrons. The van der Waals surface area contributed by atoms with Gasteiger partial charge in [-0.05, 0) is 24.5 Å². The van der Waals surface area contributed by atoms with Crippen LogP contribution in [-0.2, 0) is 12.8 Å². The van der Waals surface area contributed by atoms with Gasteiger partial charge >= 0.3 is 0 Å². The van der Waals surface area contributed by atoms with Gasteiger partial charge in [0.15, 0.2) is 0 Å². The molecular formula is C14H16ClN3O. The number of nitrogens with one attached hydrogen (secondary N) is 1. The van der Waals surface area contributed by atoms with Crippen LogP contribution in [0.3, 0.4) is 0 Å². The maximum Gasteiger partial charge on any atom is 0.220 e. The van der Waals surface area contributed by atoms with E-state index < -0.39 is 0 Å². The lowest BCUT2D eigenvalue weighted by Crippen LogP contribution is -2.19. The summed E-state index contributed by atoms with van der Waals surface area (Å²) in [6, 6.07) is 8.42. The van der Waals surface area contributed by atoms with Gasteiger partial charge in [0.05, 0.1) is 6.42 Å². The maximum absolute atomic E-state index is 6.11. The first kappa shape index (κ1) is 12.6. The average molecular weight is 278 g/mol. The predicted molar refractivity (Wildman–Crippen MR) is 73.3 cm³/mol. The minimum Gasteiger partial charge on any atom is -0.425 e. The van der Waals surface area contributed by atoms with Crippen LogP contribution in [0.1, 0.15) is 30.2 Å². The first-order valence-corrected chi connectivity index (χ1v) is 6.97. The third-order valence-corrected chi connectivity index (χ3v) is 3.53. The maximum atomic E-state index is 6.11. The molecule has 1 N–H and O–H groups in total. The van der Waals surface area contributed by atoms with Gasteiger partial charge in [0.2, 0.25) is 11.8 Å². The third kappa shape index (κ3) is 3.55. The Hall–Kier alpha value is -1.39. The average Bonchev–Trinajstić information content (AvgIpc) is 3.12. The molecule has 0 spiro atoms. The van der Waals surface area contributed by atoms with Gasteiger partial charge < -0.3 is 9.73 Å². The molecule has 5 heteroatoms. The molecular weight excluding hydrogens is 262 g/mol. The number of hydrogen-bond acceptors (Lipinski definition) is 4. The topological polar surface area (TPSA) is 51.0 Å². The van der Waals surface area contributed by atoms with Gasteiger partial charge in [-0.25, -0.2) is 0 Å². The number of hydrogen-bond donors (Lipinski definition) is 1. The molecule has 1 aromatic carbocycles. The molecule has 1 aliphatic rings. The van der Waals surface area contributed by atoms with Crippen molar-refractivity contribution in [2.24, 2.45) is 0 Å². The van der Waals surface area contributed by atoms with Crippen LogP contribution in [0.15, 0.2) is 28.7 Å². The summed E-state index contributed by atoms with van der Waals surface area (Å²) < 4.78 is 5.62.